The van der Waals surface area contributed by atoms with Gasteiger partial charge in [-0.2, -0.15) is 0 Å². The molecule has 0 fully saturated rings. The monoisotopic (exact) mass is 292 g/mol. The number of methoxy groups -OCH3 is 2. The van der Waals surface area contributed by atoms with Crippen LogP contribution in [0, 0.1) is 0 Å². The lowest BCUT2D eigenvalue weighted by Crippen LogP contribution is -2.12. The number of nitrogens with one attached hydrogen (secondary N) is 1. The Morgan fingerprint density at radius 1 is 1.20 bits per heavy atom. The van der Waals surface area contributed by atoms with E-state index in [2.05, 4.69) is 10.3 Å². The maximum Gasteiger partial charge on any atom is 0.257 e. The molecule has 0 atom stereocenters. The second kappa shape index (κ2) is 6.25. The van der Waals surface area contributed by atoms with Crippen molar-refractivity contribution >= 4 is 23.2 Å². The third-order valence-corrected chi connectivity index (χ3v) is 2.87. The molecular weight excluding hydrogens is 280 g/mol. The zero-order chi connectivity index (χ0) is 14.5. The number of aromatic nitrogens is 1. The molecule has 1 amide bonds. The predicted molar refractivity (Wildman–Crippen MR) is 76.7 cm³/mol. The van der Waals surface area contributed by atoms with E-state index in [-0.39, 0.29) is 5.91 Å². The van der Waals surface area contributed by atoms with E-state index in [1.54, 1.807) is 37.4 Å². The van der Waals surface area contributed by atoms with Crippen LogP contribution >= 0.6 is 11.6 Å². The molecule has 0 saturated carbocycles. The van der Waals surface area contributed by atoms with Gasteiger partial charge < -0.3 is 14.8 Å². The minimum atomic E-state index is -0.294. The van der Waals surface area contributed by atoms with Crippen LogP contribution in [0.25, 0.3) is 0 Å². The Morgan fingerprint density at radius 3 is 2.60 bits per heavy atom. The van der Waals surface area contributed by atoms with Gasteiger partial charge in [-0.1, -0.05) is 11.6 Å². The van der Waals surface area contributed by atoms with Gasteiger partial charge in [0.15, 0.2) is 0 Å². The van der Waals surface area contributed by atoms with Crippen LogP contribution in [0.3, 0.4) is 0 Å². The fourth-order valence-corrected chi connectivity index (χ4v) is 1.72. The fourth-order valence-electron chi connectivity index (χ4n) is 1.61. The summed E-state index contributed by atoms with van der Waals surface area (Å²) in [6.07, 6.45) is 1.41. The van der Waals surface area contributed by atoms with Crippen LogP contribution in [0.15, 0.2) is 36.5 Å². The molecule has 0 radical (unpaired) electrons. The summed E-state index contributed by atoms with van der Waals surface area (Å²) in [4.78, 5) is 15.9. The molecule has 2 rings (SSSR count). The van der Waals surface area contributed by atoms with E-state index in [0.29, 0.717) is 27.9 Å². The van der Waals surface area contributed by atoms with Gasteiger partial charge in [-0.05, 0) is 24.3 Å². The first-order chi connectivity index (χ1) is 9.63. The summed E-state index contributed by atoms with van der Waals surface area (Å²) < 4.78 is 10.3. The van der Waals surface area contributed by atoms with Crippen molar-refractivity contribution < 1.29 is 14.3 Å². The highest BCUT2D eigenvalue weighted by Gasteiger charge is 2.11. The molecule has 104 valence electrons. The molecule has 1 aromatic carbocycles. The van der Waals surface area contributed by atoms with Crippen molar-refractivity contribution in [3.63, 3.8) is 0 Å². The van der Waals surface area contributed by atoms with Gasteiger partial charge in [0.2, 0.25) is 0 Å². The molecule has 0 spiro atoms. The van der Waals surface area contributed by atoms with Crippen molar-refractivity contribution in [2.75, 3.05) is 19.5 Å². The Bertz CT molecular complexity index is 614. The summed E-state index contributed by atoms with van der Waals surface area (Å²) in [5.41, 5.74) is 0.959. The minimum absolute atomic E-state index is 0.294. The number of hydrogen-bond donors (Lipinski definition) is 1. The average molecular weight is 293 g/mol. The van der Waals surface area contributed by atoms with Crippen molar-refractivity contribution in [3.8, 4) is 11.5 Å². The number of benzene rings is 1. The predicted octanol–water partition coefficient (Wildman–Crippen LogP) is 3.00. The zero-order valence-electron chi connectivity index (χ0n) is 11.0. The average Bonchev–Trinajstić information content (AvgIpc) is 2.48. The summed E-state index contributed by atoms with van der Waals surface area (Å²) >= 11 is 5.68. The van der Waals surface area contributed by atoms with Crippen molar-refractivity contribution in [2.24, 2.45) is 0 Å². The number of ether oxygens (including phenoxy) is 2. The Morgan fingerprint density at radius 2 is 2.00 bits per heavy atom. The number of anilines is 1. The number of halogens is 1. The molecule has 0 bridgehead atoms. The lowest BCUT2D eigenvalue weighted by molar-refractivity contribution is 0.102. The summed E-state index contributed by atoms with van der Waals surface area (Å²) in [5, 5.41) is 3.08. The molecule has 0 unspecified atom stereocenters. The van der Waals surface area contributed by atoms with Crippen LogP contribution in [-0.2, 0) is 0 Å². The van der Waals surface area contributed by atoms with E-state index >= 15 is 0 Å². The molecule has 0 aliphatic rings. The second-order valence-corrected chi connectivity index (χ2v) is 4.28. The Hall–Kier alpha value is -2.27. The number of carbonyl (C=O) groups excluding carboxylic acids is 1. The van der Waals surface area contributed by atoms with Crippen LogP contribution in [0.5, 0.6) is 11.5 Å². The largest absolute Gasteiger partial charge is 0.497 e. The lowest BCUT2D eigenvalue weighted by atomic mass is 10.2. The van der Waals surface area contributed by atoms with E-state index in [0.717, 1.165) is 0 Å². The number of pyridine rings is 1. The quantitative estimate of drug-likeness (QED) is 0.880. The van der Waals surface area contributed by atoms with Gasteiger partial charge in [-0.15, -0.1) is 0 Å². The first-order valence-electron chi connectivity index (χ1n) is 5.79. The lowest BCUT2D eigenvalue weighted by Gasteiger charge is -2.11. The van der Waals surface area contributed by atoms with Crippen molar-refractivity contribution in [1.82, 2.24) is 4.98 Å². The summed E-state index contributed by atoms with van der Waals surface area (Å²) in [6.45, 7) is 0. The van der Waals surface area contributed by atoms with E-state index < -0.39 is 0 Å². The van der Waals surface area contributed by atoms with Gasteiger partial charge in [0, 0.05) is 12.3 Å². The molecule has 0 aliphatic heterocycles. The highest BCUT2D eigenvalue weighted by atomic mass is 35.5. The molecule has 1 aromatic heterocycles. The molecular formula is C14H13ClN2O3. The number of carbonyl (C=O) groups is 1. The van der Waals surface area contributed by atoms with Gasteiger partial charge in [-0.25, -0.2) is 4.98 Å². The molecule has 2 aromatic rings. The van der Waals surface area contributed by atoms with Crippen LogP contribution in [0.1, 0.15) is 10.4 Å². The standard InChI is InChI=1S/C14H13ClN2O3/c1-19-10-4-5-11(12(7-10)20-2)17-14(18)9-3-6-13(15)16-8-9/h3-8H,1-2H3,(H,17,18). The Kier molecular flexibility index (Phi) is 4.42. The number of amides is 1. The maximum absolute atomic E-state index is 12.1. The van der Waals surface area contributed by atoms with Gasteiger partial charge in [-0.3, -0.25) is 4.79 Å². The summed E-state index contributed by atoms with van der Waals surface area (Å²) in [6, 6.07) is 8.29. The molecule has 0 aliphatic carbocycles. The van der Waals surface area contributed by atoms with Gasteiger partial charge in [0.05, 0.1) is 25.5 Å². The normalized spacial score (nSPS) is 9.95. The van der Waals surface area contributed by atoms with E-state index in [1.807, 2.05) is 0 Å². The van der Waals surface area contributed by atoms with E-state index in [9.17, 15) is 4.79 Å². The highest BCUT2D eigenvalue weighted by molar-refractivity contribution is 6.29. The molecule has 1 N–H and O–H groups in total. The molecule has 5 nitrogen and oxygen atoms in total. The molecule has 20 heavy (non-hydrogen) atoms. The SMILES string of the molecule is COc1ccc(NC(=O)c2ccc(Cl)nc2)c(OC)c1. The van der Waals surface area contributed by atoms with Crippen LogP contribution in [0.4, 0.5) is 5.69 Å². The van der Waals surface area contributed by atoms with Crippen molar-refractivity contribution in [2.45, 2.75) is 0 Å². The van der Waals surface area contributed by atoms with Crippen LogP contribution < -0.4 is 14.8 Å². The number of nitrogens with zero attached hydrogens (tertiary/aromatic N) is 1. The van der Waals surface area contributed by atoms with Crippen LogP contribution in [0.2, 0.25) is 5.15 Å². The van der Waals surface area contributed by atoms with Gasteiger partial charge in [0.25, 0.3) is 5.91 Å². The Labute approximate surface area is 121 Å². The molecule has 0 saturated heterocycles. The van der Waals surface area contributed by atoms with E-state index in [1.165, 1.54) is 13.3 Å². The molecule has 1 heterocycles. The maximum atomic E-state index is 12.1. The number of hydrogen-bond acceptors (Lipinski definition) is 4. The first kappa shape index (κ1) is 14.1. The molecule has 6 heteroatoms. The van der Waals surface area contributed by atoms with Gasteiger partial charge in [0.1, 0.15) is 16.7 Å². The third kappa shape index (κ3) is 3.19. The highest BCUT2D eigenvalue weighted by Crippen LogP contribution is 2.29. The smallest absolute Gasteiger partial charge is 0.257 e. The third-order valence-electron chi connectivity index (χ3n) is 2.65. The number of rotatable bonds is 4. The van der Waals surface area contributed by atoms with E-state index in [4.69, 9.17) is 21.1 Å². The van der Waals surface area contributed by atoms with Crippen LogP contribution in [-0.4, -0.2) is 25.1 Å². The van der Waals surface area contributed by atoms with Gasteiger partial charge >= 0.3 is 0 Å². The van der Waals surface area contributed by atoms with Crippen molar-refractivity contribution in [1.29, 1.82) is 0 Å². The first-order valence-corrected chi connectivity index (χ1v) is 6.17. The summed E-state index contributed by atoms with van der Waals surface area (Å²) in [7, 11) is 3.08. The fraction of sp³-hybridized carbons (Fsp3) is 0.143. The minimum Gasteiger partial charge on any atom is -0.497 e. The second-order valence-electron chi connectivity index (χ2n) is 3.89. The van der Waals surface area contributed by atoms with Crippen molar-refractivity contribution in [3.05, 3.63) is 47.2 Å². The Balaban J connectivity index is 2.21. The zero-order valence-corrected chi connectivity index (χ0v) is 11.8. The summed E-state index contributed by atoms with van der Waals surface area (Å²) in [5.74, 6) is 0.866. The topological polar surface area (TPSA) is 60.5 Å².